The summed E-state index contributed by atoms with van der Waals surface area (Å²) in [5, 5.41) is 7.07. The zero-order valence-corrected chi connectivity index (χ0v) is 15.6. The Morgan fingerprint density at radius 3 is 2.64 bits per heavy atom. The third-order valence-electron chi connectivity index (χ3n) is 5.11. The van der Waals surface area contributed by atoms with E-state index >= 15 is 0 Å². The molecule has 2 aromatic heterocycles. The maximum absolute atomic E-state index is 4.59. The molecule has 1 aromatic carbocycles. The summed E-state index contributed by atoms with van der Waals surface area (Å²) in [7, 11) is 0. The quantitative estimate of drug-likeness (QED) is 0.747. The van der Waals surface area contributed by atoms with Crippen LogP contribution in [0.2, 0.25) is 0 Å². The van der Waals surface area contributed by atoms with E-state index < -0.39 is 0 Å². The lowest BCUT2D eigenvalue weighted by Gasteiger charge is -2.31. The van der Waals surface area contributed by atoms with Crippen molar-refractivity contribution >= 4 is 27.4 Å². The van der Waals surface area contributed by atoms with Gasteiger partial charge in [0.2, 0.25) is 0 Å². The Labute approximate surface area is 152 Å². The zero-order chi connectivity index (χ0) is 17.2. The summed E-state index contributed by atoms with van der Waals surface area (Å²) in [6.07, 6.45) is 4.02. The fourth-order valence-corrected chi connectivity index (χ4v) is 4.43. The first-order chi connectivity index (χ1) is 12.2. The summed E-state index contributed by atoms with van der Waals surface area (Å²) in [6.45, 7) is 7.83. The van der Waals surface area contributed by atoms with E-state index in [9.17, 15) is 0 Å². The Kier molecular flexibility index (Phi) is 4.68. The highest BCUT2D eigenvalue weighted by Crippen LogP contribution is 2.37. The van der Waals surface area contributed by atoms with Crippen molar-refractivity contribution in [3.05, 3.63) is 41.5 Å². The molecule has 5 heteroatoms. The van der Waals surface area contributed by atoms with Crippen LogP contribution in [-0.4, -0.2) is 40.5 Å². The first kappa shape index (κ1) is 16.5. The number of thiophene rings is 1. The van der Waals surface area contributed by atoms with Crippen LogP contribution in [0.1, 0.15) is 25.3 Å². The molecule has 1 aliphatic heterocycles. The smallest absolute Gasteiger partial charge is 0.139 e. The first-order valence-electron chi connectivity index (χ1n) is 9.02. The zero-order valence-electron chi connectivity index (χ0n) is 14.8. The lowest BCUT2D eigenvalue weighted by molar-refractivity contribution is 0.229. The summed E-state index contributed by atoms with van der Waals surface area (Å²) in [6, 6.07) is 9.19. The van der Waals surface area contributed by atoms with Crippen LogP contribution < -0.4 is 5.32 Å². The van der Waals surface area contributed by atoms with Gasteiger partial charge in [0.25, 0.3) is 0 Å². The van der Waals surface area contributed by atoms with Gasteiger partial charge < -0.3 is 10.2 Å². The second kappa shape index (κ2) is 7.10. The summed E-state index contributed by atoms with van der Waals surface area (Å²) in [5.74, 6) is 0.983. The van der Waals surface area contributed by atoms with Crippen LogP contribution in [0.3, 0.4) is 0 Å². The van der Waals surface area contributed by atoms with E-state index in [1.807, 2.05) is 0 Å². The Hall–Kier alpha value is -1.98. The van der Waals surface area contributed by atoms with E-state index in [2.05, 4.69) is 63.7 Å². The van der Waals surface area contributed by atoms with Crippen molar-refractivity contribution in [3.63, 3.8) is 0 Å². The molecule has 1 fully saturated rings. The molecule has 0 bridgehead atoms. The van der Waals surface area contributed by atoms with Gasteiger partial charge in [0.1, 0.15) is 17.0 Å². The Morgan fingerprint density at radius 2 is 1.92 bits per heavy atom. The van der Waals surface area contributed by atoms with Gasteiger partial charge in [-0.1, -0.05) is 36.8 Å². The van der Waals surface area contributed by atoms with Gasteiger partial charge in [-0.2, -0.15) is 0 Å². The summed E-state index contributed by atoms with van der Waals surface area (Å²) < 4.78 is 0. The maximum atomic E-state index is 4.59. The molecule has 3 aromatic rings. The van der Waals surface area contributed by atoms with Crippen LogP contribution in [0.5, 0.6) is 0 Å². The predicted molar refractivity (Wildman–Crippen MR) is 106 cm³/mol. The van der Waals surface area contributed by atoms with Gasteiger partial charge >= 0.3 is 0 Å². The van der Waals surface area contributed by atoms with E-state index in [1.165, 1.54) is 29.5 Å². The Morgan fingerprint density at radius 1 is 1.16 bits per heavy atom. The molecule has 1 aliphatic rings. The number of aromatic nitrogens is 2. The van der Waals surface area contributed by atoms with E-state index in [4.69, 9.17) is 0 Å². The van der Waals surface area contributed by atoms with Crippen LogP contribution in [0.4, 0.5) is 5.82 Å². The number of aryl methyl sites for hydroxylation is 1. The van der Waals surface area contributed by atoms with E-state index in [1.54, 1.807) is 17.7 Å². The molecule has 0 unspecified atom stereocenters. The molecule has 0 amide bonds. The molecule has 0 spiro atoms. The number of piperidine rings is 1. The van der Waals surface area contributed by atoms with Crippen molar-refractivity contribution in [1.29, 1.82) is 0 Å². The topological polar surface area (TPSA) is 41.0 Å². The van der Waals surface area contributed by atoms with Crippen LogP contribution in [0.25, 0.3) is 21.3 Å². The normalized spacial score (nSPS) is 16.4. The minimum Gasteiger partial charge on any atom is -0.367 e. The minimum absolute atomic E-state index is 0.492. The molecule has 0 radical (unpaired) electrons. The van der Waals surface area contributed by atoms with Crippen molar-refractivity contribution in [2.75, 3.05) is 25.0 Å². The molecular formula is C20H24N4S. The highest BCUT2D eigenvalue weighted by molar-refractivity contribution is 7.17. The van der Waals surface area contributed by atoms with Crippen LogP contribution in [0, 0.1) is 6.92 Å². The Balaban J connectivity index is 1.65. The lowest BCUT2D eigenvalue weighted by atomic mass is 10.0. The molecule has 4 nitrogen and oxygen atoms in total. The fraction of sp³-hybridized carbons (Fsp3) is 0.400. The van der Waals surface area contributed by atoms with Gasteiger partial charge in [0.05, 0.1) is 5.39 Å². The molecule has 0 saturated carbocycles. The average Bonchev–Trinajstić information content (AvgIpc) is 3.08. The monoisotopic (exact) mass is 352 g/mol. The van der Waals surface area contributed by atoms with Gasteiger partial charge in [-0.3, -0.25) is 0 Å². The molecule has 0 aliphatic carbocycles. The number of hydrogen-bond acceptors (Lipinski definition) is 5. The molecular weight excluding hydrogens is 328 g/mol. The fourth-order valence-electron chi connectivity index (χ4n) is 3.52. The van der Waals surface area contributed by atoms with E-state index in [-0.39, 0.29) is 0 Å². The van der Waals surface area contributed by atoms with E-state index in [0.717, 1.165) is 35.7 Å². The number of rotatable bonds is 4. The highest BCUT2D eigenvalue weighted by Gasteiger charge is 2.20. The van der Waals surface area contributed by atoms with Crippen LogP contribution in [-0.2, 0) is 0 Å². The third-order valence-corrected chi connectivity index (χ3v) is 5.99. The Bertz CT molecular complexity index is 848. The second-order valence-corrected chi connectivity index (χ2v) is 7.63. The number of benzene rings is 1. The van der Waals surface area contributed by atoms with Gasteiger partial charge in [0.15, 0.2) is 0 Å². The summed E-state index contributed by atoms with van der Waals surface area (Å²) >= 11 is 1.69. The van der Waals surface area contributed by atoms with Crippen molar-refractivity contribution in [1.82, 2.24) is 14.9 Å². The van der Waals surface area contributed by atoms with Crippen molar-refractivity contribution < 1.29 is 0 Å². The number of nitrogens with zero attached hydrogens (tertiary/aromatic N) is 3. The molecule has 1 N–H and O–H groups in total. The SMILES string of the molecule is CCN1CCC(Nc2ncnc3scc(-c4ccc(C)cc4)c23)CC1. The molecule has 0 atom stereocenters. The van der Waals surface area contributed by atoms with Gasteiger partial charge in [0, 0.05) is 30.1 Å². The third kappa shape index (κ3) is 3.39. The van der Waals surface area contributed by atoms with Crippen LogP contribution >= 0.6 is 11.3 Å². The number of anilines is 1. The largest absolute Gasteiger partial charge is 0.367 e. The number of likely N-dealkylation sites (tertiary alicyclic amines) is 1. The number of fused-ring (bicyclic) bond motifs is 1. The molecule has 1 saturated heterocycles. The maximum Gasteiger partial charge on any atom is 0.139 e. The number of nitrogens with one attached hydrogen (secondary N) is 1. The molecule has 25 heavy (non-hydrogen) atoms. The van der Waals surface area contributed by atoms with Gasteiger partial charge in [-0.15, -0.1) is 11.3 Å². The summed E-state index contributed by atoms with van der Waals surface area (Å²) in [5.41, 5.74) is 3.74. The lowest BCUT2D eigenvalue weighted by Crippen LogP contribution is -2.39. The summed E-state index contributed by atoms with van der Waals surface area (Å²) in [4.78, 5) is 12.6. The average molecular weight is 353 g/mol. The first-order valence-corrected chi connectivity index (χ1v) is 9.90. The van der Waals surface area contributed by atoms with Crippen molar-refractivity contribution in [2.45, 2.75) is 32.7 Å². The predicted octanol–water partition coefficient (Wildman–Crippen LogP) is 4.56. The second-order valence-electron chi connectivity index (χ2n) is 6.77. The minimum atomic E-state index is 0.492. The van der Waals surface area contributed by atoms with Gasteiger partial charge in [-0.05, 0) is 31.9 Å². The van der Waals surface area contributed by atoms with Crippen molar-refractivity contribution in [3.8, 4) is 11.1 Å². The molecule has 4 rings (SSSR count). The highest BCUT2D eigenvalue weighted by atomic mass is 32.1. The van der Waals surface area contributed by atoms with Crippen LogP contribution in [0.15, 0.2) is 36.0 Å². The van der Waals surface area contributed by atoms with E-state index in [0.29, 0.717) is 6.04 Å². The molecule has 3 heterocycles. The van der Waals surface area contributed by atoms with Crippen molar-refractivity contribution in [2.24, 2.45) is 0 Å². The standard InChI is InChI=1S/C20H24N4S/c1-3-24-10-8-16(9-11-24)23-19-18-17(12-25-20(18)22-13-21-19)15-6-4-14(2)5-7-15/h4-7,12-13,16H,3,8-11H2,1-2H3,(H,21,22,23). The molecule has 130 valence electrons. The van der Waals surface area contributed by atoms with Gasteiger partial charge in [-0.25, -0.2) is 9.97 Å². The number of hydrogen-bond donors (Lipinski definition) is 1.